The summed E-state index contributed by atoms with van der Waals surface area (Å²) in [6.07, 6.45) is 0. The number of carbonyl (C=O) groups excluding carboxylic acids is 1. The first-order valence-electron chi connectivity index (χ1n) is 9.85. The van der Waals surface area contributed by atoms with Gasteiger partial charge in [0, 0.05) is 5.56 Å². The van der Waals surface area contributed by atoms with Crippen molar-refractivity contribution < 1.29 is 17.9 Å². The lowest BCUT2D eigenvalue weighted by atomic mass is 10.0. The van der Waals surface area contributed by atoms with Crippen LogP contribution in [0.3, 0.4) is 0 Å². The predicted octanol–water partition coefficient (Wildman–Crippen LogP) is 4.60. The topological polar surface area (TPSA) is 84.5 Å². The van der Waals surface area contributed by atoms with Crippen molar-refractivity contribution in [2.45, 2.75) is 31.7 Å². The molecule has 3 rings (SSSR count). The molecule has 7 heteroatoms. The Morgan fingerprint density at radius 2 is 1.61 bits per heavy atom. The summed E-state index contributed by atoms with van der Waals surface area (Å²) in [4.78, 5) is 12.9. The number of sulfonamides is 1. The molecule has 0 aliphatic rings. The SMILES string of the molecule is COc1ccc(S(=O)(=O)Nc2cc(C(=O)N[C@@H](C)c3ccccc3C)ccc2C)cc1. The Labute approximate surface area is 183 Å². The fourth-order valence-corrected chi connectivity index (χ4v) is 4.38. The Morgan fingerprint density at radius 1 is 0.935 bits per heavy atom. The number of carbonyl (C=O) groups is 1. The molecule has 0 unspecified atom stereocenters. The third-order valence-corrected chi connectivity index (χ3v) is 6.50. The number of nitrogens with one attached hydrogen (secondary N) is 2. The maximum atomic E-state index is 12.8. The Morgan fingerprint density at radius 3 is 2.26 bits per heavy atom. The minimum absolute atomic E-state index is 0.107. The lowest BCUT2D eigenvalue weighted by molar-refractivity contribution is 0.0940. The number of anilines is 1. The molecule has 3 aromatic rings. The Hall–Kier alpha value is -3.32. The van der Waals surface area contributed by atoms with Crippen molar-refractivity contribution >= 4 is 21.6 Å². The van der Waals surface area contributed by atoms with E-state index in [1.165, 1.54) is 19.2 Å². The van der Waals surface area contributed by atoms with Gasteiger partial charge in [-0.05, 0) is 73.9 Å². The standard InChI is InChI=1S/C24H26N2O4S/c1-16-7-5-6-8-22(16)18(3)25-24(27)19-10-9-17(2)23(15-19)26-31(28,29)21-13-11-20(30-4)12-14-21/h5-15,18,26H,1-4H3,(H,25,27)/t18-/m0/s1. The monoisotopic (exact) mass is 438 g/mol. The van der Waals surface area contributed by atoms with E-state index < -0.39 is 10.0 Å². The molecule has 6 nitrogen and oxygen atoms in total. The van der Waals surface area contributed by atoms with E-state index in [9.17, 15) is 13.2 Å². The Kier molecular flexibility index (Phi) is 6.65. The van der Waals surface area contributed by atoms with Crippen molar-refractivity contribution in [2.24, 2.45) is 0 Å². The molecule has 0 spiro atoms. The molecule has 0 aromatic heterocycles. The number of methoxy groups -OCH3 is 1. The number of ether oxygens (including phenoxy) is 1. The summed E-state index contributed by atoms with van der Waals surface area (Å²) >= 11 is 0. The number of rotatable bonds is 7. The van der Waals surface area contributed by atoms with Crippen LogP contribution in [0.4, 0.5) is 5.69 Å². The summed E-state index contributed by atoms with van der Waals surface area (Å²) in [6, 6.07) is 18.7. The molecule has 3 aromatic carbocycles. The highest BCUT2D eigenvalue weighted by molar-refractivity contribution is 7.92. The van der Waals surface area contributed by atoms with Gasteiger partial charge in [0.15, 0.2) is 0 Å². The van der Waals surface area contributed by atoms with Crippen LogP contribution in [0.15, 0.2) is 71.6 Å². The lowest BCUT2D eigenvalue weighted by Gasteiger charge is -2.17. The van der Waals surface area contributed by atoms with Crippen LogP contribution in [-0.2, 0) is 10.0 Å². The molecular formula is C24H26N2O4S. The minimum Gasteiger partial charge on any atom is -0.497 e. The van der Waals surface area contributed by atoms with Gasteiger partial charge in [-0.3, -0.25) is 9.52 Å². The minimum atomic E-state index is -3.81. The zero-order valence-corrected chi connectivity index (χ0v) is 18.8. The van der Waals surface area contributed by atoms with Crippen molar-refractivity contribution in [1.82, 2.24) is 5.32 Å². The van der Waals surface area contributed by atoms with E-state index in [2.05, 4.69) is 10.0 Å². The number of hydrogen-bond donors (Lipinski definition) is 2. The first kappa shape index (κ1) is 22.4. The summed E-state index contributed by atoms with van der Waals surface area (Å²) in [7, 11) is -2.30. The zero-order valence-electron chi connectivity index (χ0n) is 18.0. The van der Waals surface area contributed by atoms with Gasteiger partial charge in [0.05, 0.1) is 23.7 Å². The third kappa shape index (κ3) is 5.24. The number of aryl methyl sites for hydroxylation is 2. The van der Waals surface area contributed by atoms with E-state index in [-0.39, 0.29) is 16.8 Å². The van der Waals surface area contributed by atoms with Crippen LogP contribution >= 0.6 is 0 Å². The smallest absolute Gasteiger partial charge is 0.261 e. The predicted molar refractivity (Wildman–Crippen MR) is 122 cm³/mol. The third-order valence-electron chi connectivity index (χ3n) is 5.12. The molecule has 0 bridgehead atoms. The van der Waals surface area contributed by atoms with Crippen molar-refractivity contribution in [3.05, 3.63) is 89.0 Å². The maximum Gasteiger partial charge on any atom is 0.261 e. The van der Waals surface area contributed by atoms with Gasteiger partial charge in [-0.1, -0.05) is 30.3 Å². The van der Waals surface area contributed by atoms with E-state index in [1.807, 2.05) is 38.1 Å². The first-order chi connectivity index (χ1) is 14.7. The Balaban J connectivity index is 1.80. The molecular weight excluding hydrogens is 412 g/mol. The summed E-state index contributed by atoms with van der Waals surface area (Å²) < 4.78 is 33.2. The molecule has 0 saturated carbocycles. The van der Waals surface area contributed by atoms with Gasteiger partial charge in [0.1, 0.15) is 5.75 Å². The molecule has 0 heterocycles. The van der Waals surface area contributed by atoms with Crippen LogP contribution in [0.5, 0.6) is 5.75 Å². The number of amides is 1. The molecule has 31 heavy (non-hydrogen) atoms. The molecule has 0 fully saturated rings. The molecule has 162 valence electrons. The van der Waals surface area contributed by atoms with E-state index >= 15 is 0 Å². The van der Waals surface area contributed by atoms with Crippen molar-refractivity contribution in [3.8, 4) is 5.75 Å². The summed E-state index contributed by atoms with van der Waals surface area (Å²) in [5.41, 5.74) is 3.56. The second-order valence-electron chi connectivity index (χ2n) is 7.36. The van der Waals surface area contributed by atoms with E-state index in [1.54, 1.807) is 37.3 Å². The molecule has 0 aliphatic heterocycles. The summed E-state index contributed by atoms with van der Waals surface area (Å²) in [6.45, 7) is 5.70. The number of hydrogen-bond acceptors (Lipinski definition) is 4. The second-order valence-corrected chi connectivity index (χ2v) is 9.04. The van der Waals surface area contributed by atoms with Gasteiger partial charge in [-0.25, -0.2) is 8.42 Å². The zero-order chi connectivity index (χ0) is 22.6. The average Bonchev–Trinajstić information content (AvgIpc) is 2.75. The Bertz CT molecular complexity index is 1190. The van der Waals surface area contributed by atoms with Gasteiger partial charge >= 0.3 is 0 Å². The highest BCUT2D eigenvalue weighted by Crippen LogP contribution is 2.24. The molecule has 2 N–H and O–H groups in total. The van der Waals surface area contributed by atoms with E-state index in [0.717, 1.165) is 11.1 Å². The molecule has 1 atom stereocenters. The van der Waals surface area contributed by atoms with Gasteiger partial charge in [0.2, 0.25) is 0 Å². The van der Waals surface area contributed by atoms with Gasteiger partial charge in [0.25, 0.3) is 15.9 Å². The largest absolute Gasteiger partial charge is 0.497 e. The van der Waals surface area contributed by atoms with Gasteiger partial charge in [-0.2, -0.15) is 0 Å². The average molecular weight is 439 g/mol. The van der Waals surface area contributed by atoms with Crippen LogP contribution < -0.4 is 14.8 Å². The van der Waals surface area contributed by atoms with Crippen molar-refractivity contribution in [1.29, 1.82) is 0 Å². The number of benzene rings is 3. The fourth-order valence-electron chi connectivity index (χ4n) is 3.26. The van der Waals surface area contributed by atoms with E-state index in [4.69, 9.17) is 4.74 Å². The van der Waals surface area contributed by atoms with Crippen molar-refractivity contribution in [2.75, 3.05) is 11.8 Å². The molecule has 0 saturated heterocycles. The molecule has 0 aliphatic carbocycles. The van der Waals surface area contributed by atoms with Crippen molar-refractivity contribution in [3.63, 3.8) is 0 Å². The summed E-state index contributed by atoms with van der Waals surface area (Å²) in [5, 5.41) is 2.98. The van der Waals surface area contributed by atoms with Crippen LogP contribution in [0.2, 0.25) is 0 Å². The van der Waals surface area contributed by atoms with Crippen LogP contribution in [0, 0.1) is 13.8 Å². The lowest BCUT2D eigenvalue weighted by Crippen LogP contribution is -2.27. The van der Waals surface area contributed by atoms with Crippen LogP contribution in [0.25, 0.3) is 0 Å². The quantitative estimate of drug-likeness (QED) is 0.564. The van der Waals surface area contributed by atoms with Crippen LogP contribution in [-0.4, -0.2) is 21.4 Å². The van der Waals surface area contributed by atoms with Gasteiger partial charge in [-0.15, -0.1) is 0 Å². The highest BCUT2D eigenvalue weighted by Gasteiger charge is 2.18. The second kappa shape index (κ2) is 9.22. The van der Waals surface area contributed by atoms with E-state index in [0.29, 0.717) is 22.6 Å². The molecule has 0 radical (unpaired) electrons. The van der Waals surface area contributed by atoms with Gasteiger partial charge < -0.3 is 10.1 Å². The van der Waals surface area contributed by atoms with Crippen LogP contribution in [0.1, 0.15) is 40.0 Å². The normalized spacial score (nSPS) is 12.1. The molecule has 1 amide bonds. The highest BCUT2D eigenvalue weighted by atomic mass is 32.2. The fraction of sp³-hybridized carbons (Fsp3) is 0.208. The first-order valence-corrected chi connectivity index (χ1v) is 11.3. The maximum absolute atomic E-state index is 12.8. The summed E-state index contributed by atoms with van der Waals surface area (Å²) in [5.74, 6) is 0.289.